The molecule has 0 atom stereocenters. The lowest BCUT2D eigenvalue weighted by atomic mass is 10.3. The Morgan fingerprint density at radius 1 is 1.19 bits per heavy atom. The van der Waals surface area contributed by atoms with E-state index in [1.165, 1.54) is 4.68 Å². The maximum Gasteiger partial charge on any atom is 0.287 e. The molecule has 0 bridgehead atoms. The van der Waals surface area contributed by atoms with Gasteiger partial charge in [-0.2, -0.15) is 9.78 Å². The monoisotopic (exact) mass is 345 g/mol. The molecule has 0 radical (unpaired) electrons. The van der Waals surface area contributed by atoms with Crippen LogP contribution in [0.3, 0.4) is 0 Å². The Morgan fingerprint density at radius 2 is 2.00 bits per heavy atom. The predicted octanol–water partition coefficient (Wildman–Crippen LogP) is 3.20. The molecule has 0 fully saturated rings. The van der Waals surface area contributed by atoms with Crippen molar-refractivity contribution in [3.05, 3.63) is 75.5 Å². The number of rotatable bonds is 4. The maximum atomic E-state index is 12.3. The highest BCUT2D eigenvalue weighted by molar-refractivity contribution is 9.10. The highest BCUT2D eigenvalue weighted by atomic mass is 79.9. The van der Waals surface area contributed by atoms with Crippen molar-refractivity contribution in [1.29, 1.82) is 0 Å². The Bertz CT molecular complexity index is 782. The third-order valence-electron chi connectivity index (χ3n) is 2.95. The Labute approximate surface area is 129 Å². The second-order valence-corrected chi connectivity index (χ2v) is 5.15. The minimum atomic E-state index is -0.217. The van der Waals surface area contributed by atoms with E-state index in [1.54, 1.807) is 12.5 Å². The van der Waals surface area contributed by atoms with Crippen molar-refractivity contribution in [2.75, 3.05) is 5.32 Å². The molecule has 2 heterocycles. The van der Waals surface area contributed by atoms with Crippen LogP contribution in [0.15, 0.2) is 68.6 Å². The fraction of sp³-hybridized carbons (Fsp3) is 0.0667. The van der Waals surface area contributed by atoms with Gasteiger partial charge in [-0.1, -0.05) is 18.2 Å². The molecule has 0 aliphatic rings. The summed E-state index contributed by atoms with van der Waals surface area (Å²) in [6.45, 7) is 0.488. The van der Waals surface area contributed by atoms with Crippen molar-refractivity contribution in [2.24, 2.45) is 0 Å². The van der Waals surface area contributed by atoms with Crippen LogP contribution in [0, 0.1) is 0 Å². The first-order valence-electron chi connectivity index (χ1n) is 6.35. The van der Waals surface area contributed by atoms with E-state index in [0.29, 0.717) is 16.7 Å². The van der Waals surface area contributed by atoms with Crippen LogP contribution in [0.25, 0.3) is 5.69 Å². The molecule has 0 saturated heterocycles. The van der Waals surface area contributed by atoms with Gasteiger partial charge < -0.3 is 9.73 Å². The van der Waals surface area contributed by atoms with E-state index in [2.05, 4.69) is 26.3 Å². The van der Waals surface area contributed by atoms with Crippen molar-refractivity contribution >= 4 is 21.6 Å². The Balaban J connectivity index is 1.88. The molecule has 0 amide bonds. The number of aromatic nitrogens is 2. The van der Waals surface area contributed by atoms with Crippen LogP contribution in [0.1, 0.15) is 5.76 Å². The maximum absolute atomic E-state index is 12.3. The van der Waals surface area contributed by atoms with Gasteiger partial charge >= 0.3 is 0 Å². The summed E-state index contributed by atoms with van der Waals surface area (Å²) in [6.07, 6.45) is 3.22. The first-order valence-corrected chi connectivity index (χ1v) is 7.14. The summed E-state index contributed by atoms with van der Waals surface area (Å²) >= 11 is 3.33. The highest BCUT2D eigenvalue weighted by Gasteiger charge is 2.10. The van der Waals surface area contributed by atoms with Crippen molar-refractivity contribution in [1.82, 2.24) is 9.78 Å². The van der Waals surface area contributed by atoms with Gasteiger partial charge in [-0.3, -0.25) is 4.79 Å². The number of hydrogen-bond donors (Lipinski definition) is 1. The zero-order chi connectivity index (χ0) is 14.7. The zero-order valence-electron chi connectivity index (χ0n) is 11.0. The summed E-state index contributed by atoms with van der Waals surface area (Å²) in [4.78, 5) is 12.3. The molecule has 3 aromatic rings. The van der Waals surface area contributed by atoms with E-state index >= 15 is 0 Å². The van der Waals surface area contributed by atoms with E-state index in [9.17, 15) is 4.79 Å². The summed E-state index contributed by atoms with van der Waals surface area (Å²) in [5.41, 5.74) is 1.13. The lowest BCUT2D eigenvalue weighted by Crippen LogP contribution is -2.22. The molecule has 0 unspecified atom stereocenters. The molecule has 2 aromatic heterocycles. The number of nitrogens with zero attached hydrogens (tertiary/aromatic N) is 2. The second-order valence-electron chi connectivity index (χ2n) is 4.36. The Kier molecular flexibility index (Phi) is 3.87. The molecule has 0 spiro atoms. The Hall–Kier alpha value is -2.34. The summed E-state index contributed by atoms with van der Waals surface area (Å²) in [5, 5.41) is 7.31. The lowest BCUT2D eigenvalue weighted by Gasteiger charge is -2.09. The van der Waals surface area contributed by atoms with E-state index in [0.717, 1.165) is 11.4 Å². The van der Waals surface area contributed by atoms with Crippen molar-refractivity contribution in [2.45, 2.75) is 6.54 Å². The van der Waals surface area contributed by atoms with Gasteiger partial charge in [0.25, 0.3) is 5.56 Å². The molecule has 0 saturated carbocycles. The topological polar surface area (TPSA) is 60.1 Å². The molecule has 21 heavy (non-hydrogen) atoms. The summed E-state index contributed by atoms with van der Waals surface area (Å²) in [7, 11) is 0. The SMILES string of the molecule is O=c1c(Br)c(NCc2ccco2)cnn1-c1ccccc1. The third kappa shape index (κ3) is 2.90. The van der Waals surface area contributed by atoms with Gasteiger partial charge in [0.1, 0.15) is 10.2 Å². The molecule has 1 N–H and O–H groups in total. The molecular weight excluding hydrogens is 334 g/mol. The molecule has 3 rings (SSSR count). The van der Waals surface area contributed by atoms with Gasteiger partial charge in [0.05, 0.1) is 30.4 Å². The first kappa shape index (κ1) is 13.6. The van der Waals surface area contributed by atoms with Crippen LogP contribution in [0.5, 0.6) is 0 Å². The molecule has 6 heteroatoms. The molecule has 0 aliphatic carbocycles. The van der Waals surface area contributed by atoms with Gasteiger partial charge in [0, 0.05) is 0 Å². The molecular formula is C15H12BrN3O2. The summed E-state index contributed by atoms with van der Waals surface area (Å²) < 4.78 is 7.02. The van der Waals surface area contributed by atoms with Crippen molar-refractivity contribution < 1.29 is 4.42 Å². The van der Waals surface area contributed by atoms with Crippen LogP contribution in [0.4, 0.5) is 5.69 Å². The first-order chi connectivity index (χ1) is 10.3. The van der Waals surface area contributed by atoms with Gasteiger partial charge in [-0.05, 0) is 40.2 Å². The molecule has 5 nitrogen and oxygen atoms in total. The van der Waals surface area contributed by atoms with Crippen LogP contribution in [0.2, 0.25) is 0 Å². The van der Waals surface area contributed by atoms with Crippen LogP contribution >= 0.6 is 15.9 Å². The van der Waals surface area contributed by atoms with Gasteiger partial charge in [-0.15, -0.1) is 0 Å². The number of halogens is 1. The normalized spacial score (nSPS) is 10.5. The molecule has 1 aromatic carbocycles. The number of benzene rings is 1. The van der Waals surface area contributed by atoms with Crippen molar-refractivity contribution in [3.8, 4) is 5.69 Å². The van der Waals surface area contributed by atoms with Crippen LogP contribution in [-0.2, 0) is 6.54 Å². The fourth-order valence-electron chi connectivity index (χ4n) is 1.90. The van der Waals surface area contributed by atoms with E-state index in [-0.39, 0.29) is 5.56 Å². The summed E-state index contributed by atoms with van der Waals surface area (Å²) in [5.74, 6) is 0.786. The number of anilines is 1. The highest BCUT2D eigenvalue weighted by Crippen LogP contribution is 2.18. The van der Waals surface area contributed by atoms with Crippen molar-refractivity contribution in [3.63, 3.8) is 0 Å². The predicted molar refractivity (Wildman–Crippen MR) is 83.6 cm³/mol. The largest absolute Gasteiger partial charge is 0.467 e. The van der Waals surface area contributed by atoms with Gasteiger partial charge in [0.2, 0.25) is 0 Å². The van der Waals surface area contributed by atoms with E-state index in [4.69, 9.17) is 4.42 Å². The fourth-order valence-corrected chi connectivity index (χ4v) is 2.32. The number of furan rings is 1. The lowest BCUT2D eigenvalue weighted by molar-refractivity contribution is 0.518. The van der Waals surface area contributed by atoms with Crippen LogP contribution < -0.4 is 10.9 Å². The average molecular weight is 346 g/mol. The third-order valence-corrected chi connectivity index (χ3v) is 3.72. The average Bonchev–Trinajstić information content (AvgIpc) is 3.03. The second kappa shape index (κ2) is 5.97. The quantitative estimate of drug-likeness (QED) is 0.788. The van der Waals surface area contributed by atoms with Gasteiger partial charge in [0.15, 0.2) is 0 Å². The molecule has 106 valence electrons. The van der Waals surface area contributed by atoms with E-state index < -0.39 is 0 Å². The zero-order valence-corrected chi connectivity index (χ0v) is 12.6. The number of hydrogen-bond acceptors (Lipinski definition) is 4. The summed E-state index contributed by atoms with van der Waals surface area (Å²) in [6, 6.07) is 13.0. The van der Waals surface area contributed by atoms with E-state index in [1.807, 2.05) is 42.5 Å². The minimum Gasteiger partial charge on any atom is -0.467 e. The standard InChI is InChI=1S/C15H12BrN3O2/c16-14-13(17-9-12-7-4-8-21-12)10-18-19(15(14)20)11-5-2-1-3-6-11/h1-8,10,17H,9H2. The number of para-hydroxylation sites is 1. The van der Waals surface area contributed by atoms with Gasteiger partial charge in [-0.25, -0.2) is 0 Å². The Morgan fingerprint density at radius 3 is 2.71 bits per heavy atom. The number of nitrogens with one attached hydrogen (secondary N) is 1. The minimum absolute atomic E-state index is 0.217. The molecule has 0 aliphatic heterocycles. The van der Waals surface area contributed by atoms with Crippen LogP contribution in [-0.4, -0.2) is 9.78 Å². The smallest absolute Gasteiger partial charge is 0.287 e.